The summed E-state index contributed by atoms with van der Waals surface area (Å²) < 4.78 is 6.76. The first kappa shape index (κ1) is 16.2. The standard InChI is InChI=1S/C20H20N2O2S/c1-13-7-5-8-14(2)18(13)22(19(23)16-10-6-12-24-16)20-21-15-9-3-4-11-17(15)25-20/h3-5,7-9,11,16H,6,10,12H2,1-2H3. The molecule has 5 heteroatoms. The number of thiazole rings is 1. The Balaban J connectivity index is 1.87. The zero-order valence-corrected chi connectivity index (χ0v) is 15.2. The highest BCUT2D eigenvalue weighted by Crippen LogP contribution is 2.38. The van der Waals surface area contributed by atoms with Gasteiger partial charge in [-0.1, -0.05) is 41.7 Å². The molecule has 0 N–H and O–H groups in total. The average molecular weight is 352 g/mol. The Morgan fingerprint density at radius 1 is 1.16 bits per heavy atom. The van der Waals surface area contributed by atoms with E-state index in [2.05, 4.69) is 0 Å². The highest BCUT2D eigenvalue weighted by Gasteiger charge is 2.33. The molecule has 0 radical (unpaired) electrons. The van der Waals surface area contributed by atoms with E-state index in [1.807, 2.05) is 56.3 Å². The van der Waals surface area contributed by atoms with Gasteiger partial charge in [0.2, 0.25) is 0 Å². The summed E-state index contributed by atoms with van der Waals surface area (Å²) in [6.07, 6.45) is 1.31. The molecule has 2 aromatic carbocycles. The molecule has 0 aliphatic carbocycles. The lowest BCUT2D eigenvalue weighted by Gasteiger charge is -2.26. The maximum absolute atomic E-state index is 13.3. The van der Waals surface area contributed by atoms with Crippen LogP contribution in [0.4, 0.5) is 10.8 Å². The second kappa shape index (κ2) is 6.58. The van der Waals surface area contributed by atoms with Crippen LogP contribution in [0, 0.1) is 13.8 Å². The Kier molecular flexibility index (Phi) is 4.27. The molecule has 0 saturated carbocycles. The zero-order valence-electron chi connectivity index (χ0n) is 14.4. The van der Waals surface area contributed by atoms with Gasteiger partial charge in [0, 0.05) is 6.61 Å². The van der Waals surface area contributed by atoms with Gasteiger partial charge in [-0.25, -0.2) is 4.98 Å². The number of nitrogens with zero attached hydrogens (tertiary/aromatic N) is 2. The number of aromatic nitrogens is 1. The lowest BCUT2D eigenvalue weighted by molar-refractivity contribution is -0.126. The Morgan fingerprint density at radius 2 is 1.92 bits per heavy atom. The third-order valence-corrected chi connectivity index (χ3v) is 5.58. The van der Waals surface area contributed by atoms with Crippen LogP contribution in [0.2, 0.25) is 0 Å². The number of amides is 1. The molecule has 25 heavy (non-hydrogen) atoms. The quantitative estimate of drug-likeness (QED) is 0.683. The number of hydrogen-bond donors (Lipinski definition) is 0. The first-order valence-electron chi connectivity index (χ1n) is 8.52. The minimum Gasteiger partial charge on any atom is -0.368 e. The number of carbonyl (C=O) groups is 1. The molecule has 4 rings (SSSR count). The second-order valence-electron chi connectivity index (χ2n) is 6.38. The van der Waals surface area contributed by atoms with Crippen LogP contribution < -0.4 is 4.90 Å². The van der Waals surface area contributed by atoms with Crippen LogP contribution in [-0.4, -0.2) is 23.6 Å². The topological polar surface area (TPSA) is 42.4 Å². The molecule has 1 aromatic heterocycles. The van der Waals surface area contributed by atoms with Crippen molar-refractivity contribution in [2.45, 2.75) is 32.8 Å². The summed E-state index contributed by atoms with van der Waals surface area (Å²) in [4.78, 5) is 19.8. The number of anilines is 2. The van der Waals surface area contributed by atoms with Crippen LogP contribution in [0.3, 0.4) is 0 Å². The molecule has 1 saturated heterocycles. The molecule has 1 amide bonds. The average Bonchev–Trinajstić information content (AvgIpc) is 3.26. The van der Waals surface area contributed by atoms with Gasteiger partial charge in [-0.15, -0.1) is 0 Å². The van der Waals surface area contributed by atoms with Gasteiger partial charge in [0.15, 0.2) is 5.13 Å². The molecule has 1 fully saturated rings. The fourth-order valence-electron chi connectivity index (χ4n) is 3.33. The van der Waals surface area contributed by atoms with Crippen molar-refractivity contribution in [1.29, 1.82) is 0 Å². The summed E-state index contributed by atoms with van der Waals surface area (Å²) in [5, 5.41) is 0.708. The smallest absolute Gasteiger partial charge is 0.262 e. The second-order valence-corrected chi connectivity index (χ2v) is 7.39. The van der Waals surface area contributed by atoms with E-state index in [0.29, 0.717) is 11.7 Å². The van der Waals surface area contributed by atoms with Crippen molar-refractivity contribution in [2.24, 2.45) is 0 Å². The number of benzene rings is 2. The van der Waals surface area contributed by atoms with Gasteiger partial charge in [0.05, 0.1) is 15.9 Å². The van der Waals surface area contributed by atoms with Crippen molar-refractivity contribution >= 4 is 38.3 Å². The van der Waals surface area contributed by atoms with Gasteiger partial charge < -0.3 is 4.74 Å². The SMILES string of the molecule is Cc1cccc(C)c1N(C(=O)C1CCCO1)c1nc2ccccc2s1. The molecule has 4 nitrogen and oxygen atoms in total. The monoisotopic (exact) mass is 352 g/mol. The number of carbonyl (C=O) groups excluding carboxylic acids is 1. The normalized spacial score (nSPS) is 17.1. The summed E-state index contributed by atoms with van der Waals surface area (Å²) in [7, 11) is 0. The first-order valence-corrected chi connectivity index (χ1v) is 9.34. The summed E-state index contributed by atoms with van der Waals surface area (Å²) >= 11 is 1.54. The first-order chi connectivity index (χ1) is 12.1. The highest BCUT2D eigenvalue weighted by molar-refractivity contribution is 7.22. The van der Waals surface area contributed by atoms with Gasteiger partial charge in [0.25, 0.3) is 5.91 Å². The van der Waals surface area contributed by atoms with Gasteiger partial charge in [-0.3, -0.25) is 9.69 Å². The Morgan fingerprint density at radius 3 is 2.60 bits per heavy atom. The summed E-state index contributed by atoms with van der Waals surface area (Å²) in [5.41, 5.74) is 3.96. The van der Waals surface area contributed by atoms with E-state index in [0.717, 1.165) is 39.9 Å². The van der Waals surface area contributed by atoms with Crippen molar-refractivity contribution in [3.05, 3.63) is 53.6 Å². The lowest BCUT2D eigenvalue weighted by atomic mass is 10.1. The van der Waals surface area contributed by atoms with Crippen molar-refractivity contribution < 1.29 is 9.53 Å². The van der Waals surface area contributed by atoms with Gasteiger partial charge >= 0.3 is 0 Å². The van der Waals surface area contributed by atoms with Gasteiger partial charge in [-0.05, 0) is 49.9 Å². The van der Waals surface area contributed by atoms with Crippen LogP contribution in [0.25, 0.3) is 10.2 Å². The van der Waals surface area contributed by atoms with Crippen molar-refractivity contribution in [1.82, 2.24) is 4.98 Å². The van der Waals surface area contributed by atoms with Gasteiger partial charge in [0.1, 0.15) is 6.10 Å². The minimum absolute atomic E-state index is 0.0195. The van der Waals surface area contributed by atoms with Crippen LogP contribution in [0.15, 0.2) is 42.5 Å². The Hall–Kier alpha value is -2.24. The van der Waals surface area contributed by atoms with Gasteiger partial charge in [-0.2, -0.15) is 0 Å². The molecule has 0 spiro atoms. The van der Waals surface area contributed by atoms with Crippen LogP contribution >= 0.6 is 11.3 Å². The van der Waals surface area contributed by atoms with E-state index in [-0.39, 0.29) is 12.0 Å². The van der Waals surface area contributed by atoms with Crippen molar-refractivity contribution in [3.8, 4) is 0 Å². The molecule has 2 heterocycles. The third kappa shape index (κ3) is 2.94. The molecule has 128 valence electrons. The van der Waals surface area contributed by atoms with Crippen molar-refractivity contribution in [2.75, 3.05) is 11.5 Å². The summed E-state index contributed by atoms with van der Waals surface area (Å²) in [6.45, 7) is 4.72. The maximum atomic E-state index is 13.3. The molecule has 1 aliphatic heterocycles. The predicted molar refractivity (Wildman–Crippen MR) is 102 cm³/mol. The fourth-order valence-corrected chi connectivity index (χ4v) is 4.31. The maximum Gasteiger partial charge on any atom is 0.262 e. The molecule has 1 aliphatic rings. The van der Waals surface area contributed by atoms with E-state index in [1.165, 1.54) is 0 Å². The number of para-hydroxylation sites is 2. The molecule has 0 bridgehead atoms. The molecule has 1 atom stereocenters. The summed E-state index contributed by atoms with van der Waals surface area (Å²) in [6, 6.07) is 14.1. The minimum atomic E-state index is -0.383. The van der Waals surface area contributed by atoms with E-state index in [4.69, 9.17) is 9.72 Å². The highest BCUT2D eigenvalue weighted by atomic mass is 32.1. The Bertz CT molecular complexity index is 875. The van der Waals surface area contributed by atoms with E-state index < -0.39 is 0 Å². The summed E-state index contributed by atoms with van der Waals surface area (Å²) in [5.74, 6) is -0.0195. The largest absolute Gasteiger partial charge is 0.368 e. The van der Waals surface area contributed by atoms with E-state index >= 15 is 0 Å². The zero-order chi connectivity index (χ0) is 17.4. The van der Waals surface area contributed by atoms with E-state index in [1.54, 1.807) is 16.2 Å². The molecular weight excluding hydrogens is 332 g/mol. The Labute approximate surface area is 151 Å². The van der Waals surface area contributed by atoms with Crippen molar-refractivity contribution in [3.63, 3.8) is 0 Å². The lowest BCUT2D eigenvalue weighted by Crippen LogP contribution is -2.36. The molecule has 3 aromatic rings. The van der Waals surface area contributed by atoms with E-state index in [9.17, 15) is 4.79 Å². The predicted octanol–water partition coefficient (Wildman–Crippen LogP) is 4.76. The number of rotatable bonds is 3. The van der Waals surface area contributed by atoms with Crippen LogP contribution in [0.5, 0.6) is 0 Å². The number of ether oxygens (including phenoxy) is 1. The molecule has 1 unspecified atom stereocenters. The fraction of sp³-hybridized carbons (Fsp3) is 0.300. The number of fused-ring (bicyclic) bond motifs is 1. The number of hydrogen-bond acceptors (Lipinski definition) is 4. The third-order valence-electron chi connectivity index (χ3n) is 4.56. The van der Waals surface area contributed by atoms with Crippen LogP contribution in [0.1, 0.15) is 24.0 Å². The number of aryl methyl sites for hydroxylation is 2. The molecular formula is C20H20N2O2S. The van der Waals surface area contributed by atoms with Crippen LogP contribution in [-0.2, 0) is 9.53 Å².